The summed E-state index contributed by atoms with van der Waals surface area (Å²) in [5.74, 6) is -0.181. The largest absolute Gasteiger partial charge is 0.325 e. The standard InChI is InChI=1S/C16H17N3O2S/c1-10-11(2)22-14(17-10)9-19-15(20)13(18-16(19)21)8-12-6-4-3-5-7-12/h3-7,13H,8-9H2,1-2H3,(H,18,21)/t13-/m1/s1. The van der Waals surface area contributed by atoms with E-state index in [0.29, 0.717) is 6.42 Å². The van der Waals surface area contributed by atoms with E-state index >= 15 is 0 Å². The summed E-state index contributed by atoms with van der Waals surface area (Å²) < 4.78 is 0. The topological polar surface area (TPSA) is 62.3 Å². The average Bonchev–Trinajstić information content (AvgIpc) is 2.94. The summed E-state index contributed by atoms with van der Waals surface area (Å²) in [5, 5.41) is 3.55. The van der Waals surface area contributed by atoms with Gasteiger partial charge in [0, 0.05) is 11.3 Å². The van der Waals surface area contributed by atoms with E-state index in [-0.39, 0.29) is 18.5 Å². The molecule has 1 N–H and O–H groups in total. The number of nitrogens with one attached hydrogen (secondary N) is 1. The molecule has 3 rings (SSSR count). The molecule has 1 aliphatic rings. The van der Waals surface area contributed by atoms with Gasteiger partial charge in [-0.05, 0) is 19.4 Å². The first-order valence-electron chi connectivity index (χ1n) is 7.13. The molecule has 0 unspecified atom stereocenters. The van der Waals surface area contributed by atoms with Gasteiger partial charge < -0.3 is 5.32 Å². The van der Waals surface area contributed by atoms with Crippen LogP contribution in [-0.4, -0.2) is 27.9 Å². The number of hydrogen-bond acceptors (Lipinski definition) is 4. The van der Waals surface area contributed by atoms with Crippen LogP contribution in [0.3, 0.4) is 0 Å². The lowest BCUT2D eigenvalue weighted by Crippen LogP contribution is -2.32. The zero-order chi connectivity index (χ0) is 15.7. The minimum Gasteiger partial charge on any atom is -0.325 e. The Morgan fingerprint density at radius 1 is 1.23 bits per heavy atom. The molecule has 6 heteroatoms. The number of imide groups is 1. The molecule has 2 aromatic rings. The molecule has 1 atom stereocenters. The molecule has 5 nitrogen and oxygen atoms in total. The number of benzene rings is 1. The lowest BCUT2D eigenvalue weighted by molar-refractivity contribution is -0.127. The molecule has 0 bridgehead atoms. The normalized spacial score (nSPS) is 17.9. The van der Waals surface area contributed by atoms with E-state index in [2.05, 4.69) is 10.3 Å². The fraction of sp³-hybridized carbons (Fsp3) is 0.312. The van der Waals surface area contributed by atoms with Gasteiger partial charge in [0.2, 0.25) is 0 Å². The summed E-state index contributed by atoms with van der Waals surface area (Å²) in [6.07, 6.45) is 0.512. The summed E-state index contributed by atoms with van der Waals surface area (Å²) in [6.45, 7) is 4.16. The number of aromatic nitrogens is 1. The van der Waals surface area contributed by atoms with Gasteiger partial charge in [0.05, 0.1) is 12.2 Å². The Morgan fingerprint density at radius 2 is 1.95 bits per heavy atom. The molecule has 1 saturated heterocycles. The van der Waals surface area contributed by atoms with Gasteiger partial charge in [0.1, 0.15) is 11.0 Å². The van der Waals surface area contributed by atoms with E-state index in [0.717, 1.165) is 21.1 Å². The molecule has 1 aromatic heterocycles. The Bertz CT molecular complexity index is 692. The van der Waals surface area contributed by atoms with Crippen LogP contribution in [0, 0.1) is 13.8 Å². The predicted octanol–water partition coefficient (Wildman–Crippen LogP) is 2.42. The molecule has 1 aliphatic heterocycles. The Balaban J connectivity index is 1.71. The van der Waals surface area contributed by atoms with Crippen molar-refractivity contribution >= 4 is 23.3 Å². The van der Waals surface area contributed by atoms with Crippen molar-refractivity contribution in [1.29, 1.82) is 0 Å². The number of nitrogens with zero attached hydrogens (tertiary/aromatic N) is 2. The summed E-state index contributed by atoms with van der Waals surface area (Å²) >= 11 is 1.53. The van der Waals surface area contributed by atoms with Crippen LogP contribution in [0.4, 0.5) is 4.79 Å². The van der Waals surface area contributed by atoms with Crippen molar-refractivity contribution in [2.24, 2.45) is 0 Å². The fourth-order valence-electron chi connectivity index (χ4n) is 2.46. The zero-order valence-electron chi connectivity index (χ0n) is 12.5. The van der Waals surface area contributed by atoms with Crippen molar-refractivity contribution in [3.8, 4) is 0 Å². The van der Waals surface area contributed by atoms with Crippen LogP contribution in [0.15, 0.2) is 30.3 Å². The Hall–Kier alpha value is -2.21. The smallest absolute Gasteiger partial charge is 0.325 e. The number of hydrogen-bond donors (Lipinski definition) is 1. The SMILES string of the molecule is Cc1nc(CN2C(=O)N[C@H](Cc3ccccc3)C2=O)sc1C. The first-order valence-corrected chi connectivity index (χ1v) is 7.95. The van der Waals surface area contributed by atoms with E-state index in [1.54, 1.807) is 0 Å². The first kappa shape index (κ1) is 14.7. The van der Waals surface area contributed by atoms with E-state index in [1.807, 2.05) is 44.2 Å². The Kier molecular flexibility index (Phi) is 3.94. The maximum Gasteiger partial charge on any atom is 0.325 e. The Labute approximate surface area is 133 Å². The second kappa shape index (κ2) is 5.88. The van der Waals surface area contributed by atoms with Crippen LogP contribution in [0.5, 0.6) is 0 Å². The highest BCUT2D eigenvalue weighted by molar-refractivity contribution is 7.11. The molecule has 1 fully saturated rings. The van der Waals surface area contributed by atoms with Crippen molar-refractivity contribution in [2.75, 3.05) is 0 Å². The van der Waals surface area contributed by atoms with Gasteiger partial charge >= 0.3 is 6.03 Å². The molecule has 114 valence electrons. The van der Waals surface area contributed by atoms with Gasteiger partial charge in [-0.1, -0.05) is 30.3 Å². The van der Waals surface area contributed by atoms with Crippen LogP contribution in [-0.2, 0) is 17.8 Å². The third-order valence-corrected chi connectivity index (χ3v) is 4.81. The van der Waals surface area contributed by atoms with E-state index < -0.39 is 6.04 Å². The number of amides is 3. The van der Waals surface area contributed by atoms with Crippen LogP contribution in [0.2, 0.25) is 0 Å². The van der Waals surface area contributed by atoms with E-state index in [9.17, 15) is 9.59 Å². The molecule has 0 aliphatic carbocycles. The van der Waals surface area contributed by atoms with Crippen LogP contribution in [0.25, 0.3) is 0 Å². The number of carbonyl (C=O) groups is 2. The van der Waals surface area contributed by atoms with Crippen LogP contribution in [0.1, 0.15) is 21.1 Å². The zero-order valence-corrected chi connectivity index (χ0v) is 13.3. The number of carbonyl (C=O) groups excluding carboxylic acids is 2. The molecule has 0 saturated carbocycles. The van der Waals surface area contributed by atoms with E-state index in [1.165, 1.54) is 16.2 Å². The maximum absolute atomic E-state index is 12.4. The third-order valence-electron chi connectivity index (χ3n) is 3.76. The number of thiazole rings is 1. The van der Waals surface area contributed by atoms with Gasteiger partial charge in [0.15, 0.2) is 0 Å². The monoisotopic (exact) mass is 315 g/mol. The molecule has 3 amide bonds. The lowest BCUT2D eigenvalue weighted by Gasteiger charge is -2.11. The van der Waals surface area contributed by atoms with Gasteiger partial charge in [-0.25, -0.2) is 9.78 Å². The number of aryl methyl sites for hydroxylation is 2. The highest BCUT2D eigenvalue weighted by Gasteiger charge is 2.38. The predicted molar refractivity (Wildman–Crippen MR) is 84.6 cm³/mol. The van der Waals surface area contributed by atoms with Gasteiger partial charge in [-0.2, -0.15) is 0 Å². The van der Waals surface area contributed by atoms with Gasteiger partial charge in [0.25, 0.3) is 5.91 Å². The highest BCUT2D eigenvalue weighted by Crippen LogP contribution is 2.20. The highest BCUT2D eigenvalue weighted by atomic mass is 32.1. The fourth-order valence-corrected chi connectivity index (χ4v) is 3.38. The van der Waals surface area contributed by atoms with Crippen LogP contribution >= 0.6 is 11.3 Å². The van der Waals surface area contributed by atoms with Crippen molar-refractivity contribution < 1.29 is 9.59 Å². The molecule has 22 heavy (non-hydrogen) atoms. The minimum atomic E-state index is -0.489. The van der Waals surface area contributed by atoms with Gasteiger partial charge in [-0.3, -0.25) is 9.69 Å². The summed E-state index contributed by atoms with van der Waals surface area (Å²) in [6, 6.07) is 8.86. The lowest BCUT2D eigenvalue weighted by atomic mass is 10.1. The molecule has 2 heterocycles. The molecule has 0 spiro atoms. The van der Waals surface area contributed by atoms with Crippen molar-refractivity contribution in [3.63, 3.8) is 0 Å². The minimum absolute atomic E-state index is 0.181. The summed E-state index contributed by atoms with van der Waals surface area (Å²) in [7, 11) is 0. The van der Waals surface area contributed by atoms with Crippen molar-refractivity contribution in [3.05, 3.63) is 51.5 Å². The van der Waals surface area contributed by atoms with Crippen molar-refractivity contribution in [1.82, 2.24) is 15.2 Å². The quantitative estimate of drug-likeness (QED) is 0.881. The number of rotatable bonds is 4. The number of urea groups is 1. The molecular weight excluding hydrogens is 298 g/mol. The van der Waals surface area contributed by atoms with Crippen LogP contribution < -0.4 is 5.32 Å². The first-order chi connectivity index (χ1) is 10.5. The summed E-state index contributed by atoms with van der Waals surface area (Å²) in [4.78, 5) is 31.3. The summed E-state index contributed by atoms with van der Waals surface area (Å²) in [5.41, 5.74) is 1.98. The Morgan fingerprint density at radius 3 is 2.59 bits per heavy atom. The molecule has 1 aromatic carbocycles. The average molecular weight is 315 g/mol. The second-order valence-corrected chi connectivity index (χ2v) is 6.65. The third kappa shape index (κ3) is 2.87. The molecule has 0 radical (unpaired) electrons. The molecular formula is C16H17N3O2S. The maximum atomic E-state index is 12.4. The van der Waals surface area contributed by atoms with E-state index in [4.69, 9.17) is 0 Å². The second-order valence-electron chi connectivity index (χ2n) is 5.37. The van der Waals surface area contributed by atoms with Gasteiger partial charge in [-0.15, -0.1) is 11.3 Å². The van der Waals surface area contributed by atoms with Crippen molar-refractivity contribution in [2.45, 2.75) is 32.9 Å².